The molecular formula is C21H26ClN3O2. The fraction of sp³-hybridized carbons (Fsp3) is 0.381. The topological polar surface area (TPSA) is 53.6 Å². The third-order valence-electron chi connectivity index (χ3n) is 4.63. The van der Waals surface area contributed by atoms with Crippen LogP contribution in [0.3, 0.4) is 0 Å². The van der Waals surface area contributed by atoms with Gasteiger partial charge in [0.1, 0.15) is 12.4 Å². The summed E-state index contributed by atoms with van der Waals surface area (Å²) >= 11 is 5.93. The van der Waals surface area contributed by atoms with E-state index >= 15 is 0 Å². The summed E-state index contributed by atoms with van der Waals surface area (Å²) in [5.41, 5.74) is 2.97. The Morgan fingerprint density at radius 1 is 1.11 bits per heavy atom. The predicted octanol–water partition coefficient (Wildman–Crippen LogP) is 4.84. The maximum atomic E-state index is 12.0. The van der Waals surface area contributed by atoms with E-state index in [-0.39, 0.29) is 6.03 Å². The third kappa shape index (κ3) is 5.79. The monoisotopic (exact) mass is 387 g/mol. The first-order valence-electron chi connectivity index (χ1n) is 9.40. The third-order valence-corrected chi connectivity index (χ3v) is 4.86. The number of carbonyl (C=O) groups excluding carboxylic acids is 1. The fourth-order valence-electron chi connectivity index (χ4n) is 3.18. The first-order valence-corrected chi connectivity index (χ1v) is 9.78. The number of hydrogen-bond acceptors (Lipinski definition) is 3. The molecule has 0 radical (unpaired) electrons. The van der Waals surface area contributed by atoms with Gasteiger partial charge in [0.25, 0.3) is 0 Å². The molecule has 6 heteroatoms. The van der Waals surface area contributed by atoms with Crippen LogP contribution in [0.1, 0.15) is 24.8 Å². The van der Waals surface area contributed by atoms with Crippen LogP contribution in [-0.2, 0) is 0 Å². The quantitative estimate of drug-likeness (QED) is 0.697. The van der Waals surface area contributed by atoms with Crippen molar-refractivity contribution >= 4 is 29.0 Å². The van der Waals surface area contributed by atoms with E-state index in [0.717, 1.165) is 30.1 Å². The van der Waals surface area contributed by atoms with Gasteiger partial charge < -0.3 is 20.3 Å². The number of nitrogens with one attached hydrogen (secondary N) is 2. The normalized spacial score (nSPS) is 13.9. The van der Waals surface area contributed by atoms with Gasteiger partial charge in [-0.25, -0.2) is 4.79 Å². The fourth-order valence-corrected chi connectivity index (χ4v) is 3.41. The second-order valence-electron chi connectivity index (χ2n) is 6.73. The second kappa shape index (κ2) is 9.51. The zero-order valence-corrected chi connectivity index (χ0v) is 16.4. The number of urea groups is 1. The Balaban J connectivity index is 1.40. The van der Waals surface area contributed by atoms with Gasteiger partial charge in [0.15, 0.2) is 0 Å². The molecular weight excluding hydrogens is 362 g/mol. The Kier molecular flexibility index (Phi) is 6.82. The molecule has 144 valence electrons. The highest BCUT2D eigenvalue weighted by Gasteiger charge is 2.11. The average Bonchev–Trinajstić information content (AvgIpc) is 2.68. The van der Waals surface area contributed by atoms with E-state index in [0.29, 0.717) is 18.2 Å². The SMILES string of the molecule is Cc1cc(Cl)ccc1OCCNC(=O)Nc1ccc(N2CCCCC2)cc1. The second-order valence-corrected chi connectivity index (χ2v) is 7.17. The Bertz CT molecular complexity index is 759. The van der Waals surface area contributed by atoms with Gasteiger partial charge in [-0.1, -0.05) is 11.6 Å². The van der Waals surface area contributed by atoms with Crippen LogP contribution in [0, 0.1) is 6.92 Å². The molecule has 0 aromatic heterocycles. The number of rotatable bonds is 6. The van der Waals surface area contributed by atoms with Crippen molar-refractivity contribution in [2.45, 2.75) is 26.2 Å². The average molecular weight is 388 g/mol. The number of benzene rings is 2. The molecule has 2 N–H and O–H groups in total. The molecule has 0 bridgehead atoms. The van der Waals surface area contributed by atoms with Crippen LogP contribution < -0.4 is 20.3 Å². The molecule has 2 amide bonds. The van der Waals surface area contributed by atoms with Gasteiger partial charge in [-0.15, -0.1) is 0 Å². The molecule has 0 unspecified atom stereocenters. The van der Waals surface area contributed by atoms with Crippen molar-refractivity contribution < 1.29 is 9.53 Å². The van der Waals surface area contributed by atoms with E-state index in [4.69, 9.17) is 16.3 Å². The Labute approximate surface area is 165 Å². The number of aryl methyl sites for hydroxylation is 1. The molecule has 3 rings (SSSR count). The zero-order chi connectivity index (χ0) is 19.1. The van der Waals surface area contributed by atoms with E-state index in [1.54, 1.807) is 6.07 Å². The van der Waals surface area contributed by atoms with E-state index < -0.39 is 0 Å². The number of carbonyl (C=O) groups is 1. The summed E-state index contributed by atoms with van der Waals surface area (Å²) in [4.78, 5) is 14.4. The summed E-state index contributed by atoms with van der Waals surface area (Å²) in [5.74, 6) is 0.773. The Morgan fingerprint density at radius 3 is 2.56 bits per heavy atom. The summed E-state index contributed by atoms with van der Waals surface area (Å²) < 4.78 is 5.67. The van der Waals surface area contributed by atoms with Crippen molar-refractivity contribution in [2.24, 2.45) is 0 Å². The molecule has 0 aliphatic carbocycles. The highest BCUT2D eigenvalue weighted by molar-refractivity contribution is 6.30. The number of halogens is 1. The highest BCUT2D eigenvalue weighted by atomic mass is 35.5. The molecule has 1 saturated heterocycles. The zero-order valence-electron chi connectivity index (χ0n) is 15.6. The molecule has 1 aliphatic rings. The number of anilines is 2. The van der Waals surface area contributed by atoms with E-state index in [1.807, 2.05) is 31.2 Å². The van der Waals surface area contributed by atoms with Crippen LogP contribution in [0.25, 0.3) is 0 Å². The van der Waals surface area contributed by atoms with Crippen molar-refractivity contribution in [3.8, 4) is 5.75 Å². The van der Waals surface area contributed by atoms with Crippen LogP contribution >= 0.6 is 11.6 Å². The molecule has 5 nitrogen and oxygen atoms in total. The molecule has 0 saturated carbocycles. The molecule has 27 heavy (non-hydrogen) atoms. The standard InChI is InChI=1S/C21H26ClN3O2/c1-16-15-17(22)5-10-20(16)27-14-11-23-21(26)24-18-6-8-19(9-7-18)25-12-3-2-4-13-25/h5-10,15H,2-4,11-14H2,1H3,(H2,23,24,26). The number of nitrogens with zero attached hydrogens (tertiary/aromatic N) is 1. The van der Waals surface area contributed by atoms with Gasteiger partial charge in [0, 0.05) is 29.5 Å². The minimum absolute atomic E-state index is 0.239. The summed E-state index contributed by atoms with van der Waals surface area (Å²) in [6.45, 7) is 4.97. The Hall–Kier alpha value is -2.40. The van der Waals surface area contributed by atoms with Crippen molar-refractivity contribution in [3.05, 3.63) is 53.1 Å². The minimum Gasteiger partial charge on any atom is -0.491 e. The highest BCUT2D eigenvalue weighted by Crippen LogP contribution is 2.22. The molecule has 2 aromatic carbocycles. The van der Waals surface area contributed by atoms with Gasteiger partial charge in [0.05, 0.1) is 6.54 Å². The lowest BCUT2D eigenvalue weighted by molar-refractivity contribution is 0.247. The molecule has 0 spiro atoms. The van der Waals surface area contributed by atoms with Crippen LogP contribution in [0.15, 0.2) is 42.5 Å². The number of ether oxygens (including phenoxy) is 1. The van der Waals surface area contributed by atoms with E-state index in [9.17, 15) is 4.79 Å². The van der Waals surface area contributed by atoms with Gasteiger partial charge in [-0.05, 0) is 74.2 Å². The Morgan fingerprint density at radius 2 is 1.85 bits per heavy atom. The summed E-state index contributed by atoms with van der Waals surface area (Å²) in [7, 11) is 0. The lowest BCUT2D eigenvalue weighted by Gasteiger charge is -2.28. The van der Waals surface area contributed by atoms with Crippen molar-refractivity contribution in [1.29, 1.82) is 0 Å². The smallest absolute Gasteiger partial charge is 0.319 e. The van der Waals surface area contributed by atoms with Gasteiger partial charge in [0.2, 0.25) is 0 Å². The lowest BCUT2D eigenvalue weighted by Crippen LogP contribution is -2.32. The summed E-state index contributed by atoms with van der Waals surface area (Å²) in [6.07, 6.45) is 3.82. The molecule has 1 heterocycles. The van der Waals surface area contributed by atoms with Crippen molar-refractivity contribution in [1.82, 2.24) is 5.32 Å². The number of amides is 2. The van der Waals surface area contributed by atoms with Gasteiger partial charge in [-0.2, -0.15) is 0 Å². The molecule has 2 aromatic rings. The van der Waals surface area contributed by atoms with E-state index in [1.165, 1.54) is 24.9 Å². The van der Waals surface area contributed by atoms with E-state index in [2.05, 4.69) is 27.7 Å². The minimum atomic E-state index is -0.239. The number of hydrogen-bond donors (Lipinski definition) is 2. The first kappa shape index (κ1) is 19.4. The van der Waals surface area contributed by atoms with Gasteiger partial charge in [-0.3, -0.25) is 0 Å². The van der Waals surface area contributed by atoms with Crippen LogP contribution in [0.5, 0.6) is 5.75 Å². The van der Waals surface area contributed by atoms with Crippen LogP contribution in [0.2, 0.25) is 5.02 Å². The number of piperidine rings is 1. The van der Waals surface area contributed by atoms with Crippen LogP contribution in [-0.4, -0.2) is 32.3 Å². The van der Waals surface area contributed by atoms with Crippen molar-refractivity contribution in [2.75, 3.05) is 36.5 Å². The first-order chi connectivity index (χ1) is 13.1. The summed E-state index contributed by atoms with van der Waals surface area (Å²) in [6, 6.07) is 13.2. The van der Waals surface area contributed by atoms with Crippen LogP contribution in [0.4, 0.5) is 16.2 Å². The maximum Gasteiger partial charge on any atom is 0.319 e. The summed E-state index contributed by atoms with van der Waals surface area (Å²) in [5, 5.41) is 6.33. The molecule has 1 aliphatic heterocycles. The maximum absolute atomic E-state index is 12.0. The molecule has 0 atom stereocenters. The van der Waals surface area contributed by atoms with Crippen molar-refractivity contribution in [3.63, 3.8) is 0 Å². The molecule has 1 fully saturated rings. The lowest BCUT2D eigenvalue weighted by atomic mass is 10.1. The predicted molar refractivity (Wildman–Crippen MR) is 111 cm³/mol. The largest absolute Gasteiger partial charge is 0.491 e. The van der Waals surface area contributed by atoms with Gasteiger partial charge >= 0.3 is 6.03 Å².